The van der Waals surface area contributed by atoms with Crippen LogP contribution in [0.2, 0.25) is 5.15 Å². The maximum absolute atomic E-state index is 13.1. The van der Waals surface area contributed by atoms with E-state index in [1.54, 1.807) is 12.1 Å². The van der Waals surface area contributed by atoms with Crippen molar-refractivity contribution in [3.8, 4) is 22.1 Å². The molecule has 34 heavy (non-hydrogen) atoms. The van der Waals surface area contributed by atoms with Crippen LogP contribution in [0.4, 0.5) is 5.13 Å². The second-order valence-electron chi connectivity index (χ2n) is 7.31. The molecule has 3 aromatic heterocycles. The molecule has 11 nitrogen and oxygen atoms in total. The summed E-state index contributed by atoms with van der Waals surface area (Å²) >= 11 is 7.16. The van der Waals surface area contributed by atoms with Gasteiger partial charge in [0, 0.05) is 23.0 Å². The first kappa shape index (κ1) is 24.2. The molecule has 4 heterocycles. The minimum Gasteiger partial charge on any atom is -0.494 e. The van der Waals surface area contributed by atoms with Crippen molar-refractivity contribution in [2.45, 2.75) is 19.1 Å². The van der Waals surface area contributed by atoms with E-state index < -0.39 is 5.91 Å². The molecule has 1 saturated heterocycles. The van der Waals surface area contributed by atoms with Gasteiger partial charge in [-0.05, 0) is 30.4 Å². The fourth-order valence-corrected chi connectivity index (χ4v) is 3.94. The Morgan fingerprint density at radius 1 is 1.21 bits per heavy atom. The quantitative estimate of drug-likeness (QED) is 0.437. The molecule has 0 aromatic carbocycles. The van der Waals surface area contributed by atoms with E-state index in [9.17, 15) is 4.79 Å². The monoisotopic (exact) mass is 507 g/mol. The highest BCUT2D eigenvalue weighted by atomic mass is 35.5. The number of pyridine rings is 2. The average Bonchev–Trinajstić information content (AvgIpc) is 3.30. The number of aliphatic hydroxyl groups excluding tert-OH is 1. The standard InChI is InChI=1S/C21H22ClN5O6S/c1-11-3-14(15-4-18(22)24-6-17(15)30-2)16(5-23-11)19(29)25-20-26-27-21(34-20)33-10-13-9-31-12(7-28)8-32-13/h3-6,12-13,28H,7-10H2,1-2H3,(H,25,26,29)/t12-,13-/m0/s1. The lowest BCUT2D eigenvalue weighted by Crippen LogP contribution is -2.40. The molecule has 0 radical (unpaired) electrons. The second-order valence-corrected chi connectivity index (χ2v) is 8.64. The van der Waals surface area contributed by atoms with Crippen molar-refractivity contribution in [3.05, 3.63) is 40.9 Å². The normalized spacial score (nSPS) is 17.9. The highest BCUT2D eigenvalue weighted by Gasteiger charge is 2.23. The Hall–Kier alpha value is -2.90. The molecule has 0 unspecified atom stereocenters. The Balaban J connectivity index is 1.45. The van der Waals surface area contributed by atoms with Crippen LogP contribution in [-0.2, 0) is 9.47 Å². The topological polar surface area (TPSA) is 138 Å². The number of nitrogens with zero attached hydrogens (tertiary/aromatic N) is 4. The largest absolute Gasteiger partial charge is 0.494 e. The van der Waals surface area contributed by atoms with E-state index in [2.05, 4.69) is 25.5 Å². The Morgan fingerprint density at radius 3 is 2.74 bits per heavy atom. The van der Waals surface area contributed by atoms with Gasteiger partial charge >= 0.3 is 0 Å². The second kappa shape index (κ2) is 11.0. The van der Waals surface area contributed by atoms with Crippen LogP contribution >= 0.6 is 22.9 Å². The van der Waals surface area contributed by atoms with Crippen LogP contribution in [0.15, 0.2) is 24.5 Å². The number of hydrogen-bond acceptors (Lipinski definition) is 11. The molecule has 1 aliphatic heterocycles. The Kier molecular flexibility index (Phi) is 7.85. The molecule has 0 bridgehead atoms. The lowest BCUT2D eigenvalue weighted by molar-refractivity contribution is -0.152. The predicted octanol–water partition coefficient (Wildman–Crippen LogP) is 2.37. The van der Waals surface area contributed by atoms with Crippen molar-refractivity contribution in [1.29, 1.82) is 0 Å². The van der Waals surface area contributed by atoms with Crippen LogP contribution in [0.3, 0.4) is 0 Å². The smallest absolute Gasteiger partial charge is 0.295 e. The third-order valence-corrected chi connectivity index (χ3v) is 5.85. The summed E-state index contributed by atoms with van der Waals surface area (Å²) in [5.74, 6) is 0.0362. The van der Waals surface area contributed by atoms with Gasteiger partial charge in [-0.3, -0.25) is 15.1 Å². The first-order valence-electron chi connectivity index (χ1n) is 10.2. The molecular weight excluding hydrogens is 486 g/mol. The molecule has 180 valence electrons. The molecule has 4 rings (SSSR count). The maximum Gasteiger partial charge on any atom is 0.295 e. The number of anilines is 1. The molecule has 2 atom stereocenters. The molecule has 2 N–H and O–H groups in total. The van der Waals surface area contributed by atoms with Crippen LogP contribution in [0, 0.1) is 6.92 Å². The summed E-state index contributed by atoms with van der Waals surface area (Å²) in [6.45, 7) is 2.53. The molecule has 1 fully saturated rings. The Bertz CT molecular complexity index is 1150. The summed E-state index contributed by atoms with van der Waals surface area (Å²) in [5.41, 5.74) is 2.21. The van der Waals surface area contributed by atoms with Crippen molar-refractivity contribution in [3.63, 3.8) is 0 Å². The fraction of sp³-hybridized carbons (Fsp3) is 0.381. The first-order chi connectivity index (χ1) is 16.5. The van der Waals surface area contributed by atoms with Gasteiger partial charge in [-0.1, -0.05) is 16.7 Å². The number of aliphatic hydroxyl groups is 1. The van der Waals surface area contributed by atoms with Gasteiger partial charge in [0.25, 0.3) is 11.1 Å². The van der Waals surface area contributed by atoms with Gasteiger partial charge in [0.2, 0.25) is 5.13 Å². The maximum atomic E-state index is 13.1. The van der Waals surface area contributed by atoms with E-state index in [4.69, 9.17) is 35.7 Å². The van der Waals surface area contributed by atoms with Crippen molar-refractivity contribution in [2.75, 3.05) is 38.9 Å². The summed E-state index contributed by atoms with van der Waals surface area (Å²) in [6.07, 6.45) is 2.37. The van der Waals surface area contributed by atoms with Crippen LogP contribution < -0.4 is 14.8 Å². The zero-order valence-corrected chi connectivity index (χ0v) is 19.9. The van der Waals surface area contributed by atoms with E-state index in [-0.39, 0.29) is 40.9 Å². The van der Waals surface area contributed by atoms with Crippen molar-refractivity contribution >= 4 is 34.0 Å². The summed E-state index contributed by atoms with van der Waals surface area (Å²) in [6, 6.07) is 3.40. The third-order valence-electron chi connectivity index (χ3n) is 4.89. The molecule has 3 aromatic rings. The van der Waals surface area contributed by atoms with Crippen molar-refractivity contribution in [2.24, 2.45) is 0 Å². The lowest BCUT2D eigenvalue weighted by atomic mass is 10.0. The average molecular weight is 508 g/mol. The number of amides is 1. The van der Waals surface area contributed by atoms with Gasteiger partial charge in [0.1, 0.15) is 29.7 Å². The van der Waals surface area contributed by atoms with E-state index in [1.165, 1.54) is 19.5 Å². The van der Waals surface area contributed by atoms with E-state index in [0.29, 0.717) is 41.3 Å². The van der Waals surface area contributed by atoms with E-state index in [0.717, 1.165) is 11.3 Å². The number of methoxy groups -OCH3 is 1. The van der Waals surface area contributed by atoms with Crippen LogP contribution in [-0.4, -0.2) is 76.9 Å². The van der Waals surface area contributed by atoms with Crippen LogP contribution in [0.25, 0.3) is 11.1 Å². The highest BCUT2D eigenvalue weighted by molar-refractivity contribution is 7.17. The van der Waals surface area contributed by atoms with Crippen molar-refractivity contribution < 1.29 is 28.8 Å². The van der Waals surface area contributed by atoms with Crippen LogP contribution in [0.1, 0.15) is 16.1 Å². The third kappa shape index (κ3) is 5.77. The molecule has 13 heteroatoms. The van der Waals surface area contributed by atoms with Gasteiger partial charge < -0.3 is 24.1 Å². The van der Waals surface area contributed by atoms with E-state index in [1.807, 2.05) is 6.92 Å². The summed E-state index contributed by atoms with van der Waals surface area (Å²) in [4.78, 5) is 21.4. The zero-order chi connectivity index (χ0) is 24.1. The number of rotatable bonds is 8. The predicted molar refractivity (Wildman–Crippen MR) is 124 cm³/mol. The molecule has 0 aliphatic carbocycles. The number of carbonyl (C=O) groups excluding carboxylic acids is 1. The molecule has 0 saturated carbocycles. The van der Waals surface area contributed by atoms with Gasteiger partial charge in [-0.2, -0.15) is 0 Å². The minimum absolute atomic E-state index is 0.0910. The number of hydrogen-bond donors (Lipinski definition) is 2. The zero-order valence-electron chi connectivity index (χ0n) is 18.4. The summed E-state index contributed by atoms with van der Waals surface area (Å²) < 4.78 is 22.0. The lowest BCUT2D eigenvalue weighted by Gasteiger charge is -2.27. The van der Waals surface area contributed by atoms with Gasteiger partial charge in [0.15, 0.2) is 0 Å². The molecule has 1 aliphatic rings. The number of ether oxygens (including phenoxy) is 4. The van der Waals surface area contributed by atoms with E-state index >= 15 is 0 Å². The van der Waals surface area contributed by atoms with Crippen LogP contribution in [0.5, 0.6) is 10.9 Å². The Morgan fingerprint density at radius 2 is 2.00 bits per heavy atom. The SMILES string of the molecule is COc1cnc(Cl)cc1-c1cc(C)ncc1C(=O)Nc1nnc(OC[C@@H]2CO[C@@H](CO)CO2)s1. The van der Waals surface area contributed by atoms with Gasteiger partial charge in [-0.25, -0.2) is 4.98 Å². The number of halogens is 1. The van der Waals surface area contributed by atoms with Gasteiger partial charge in [-0.15, -0.1) is 5.10 Å². The van der Waals surface area contributed by atoms with Gasteiger partial charge in [0.05, 0.1) is 38.7 Å². The summed E-state index contributed by atoms with van der Waals surface area (Å²) in [7, 11) is 1.51. The molecular formula is C21H22ClN5O6S. The highest BCUT2D eigenvalue weighted by Crippen LogP contribution is 2.34. The summed E-state index contributed by atoms with van der Waals surface area (Å²) in [5, 5.41) is 20.5. The molecule has 1 amide bonds. The first-order valence-corrected chi connectivity index (χ1v) is 11.4. The Labute approximate surface area is 204 Å². The van der Waals surface area contributed by atoms with Crippen molar-refractivity contribution in [1.82, 2.24) is 20.2 Å². The number of aromatic nitrogens is 4. The minimum atomic E-state index is -0.431. The fourth-order valence-electron chi connectivity index (χ4n) is 3.19. The number of nitrogens with one attached hydrogen (secondary N) is 1. The number of carbonyl (C=O) groups is 1. The number of aryl methyl sites for hydroxylation is 1. The molecule has 0 spiro atoms.